The van der Waals surface area contributed by atoms with Gasteiger partial charge in [-0.3, -0.25) is 0 Å². The molecule has 2 aliphatic rings. The summed E-state index contributed by atoms with van der Waals surface area (Å²) in [5.41, 5.74) is 6.45. The summed E-state index contributed by atoms with van der Waals surface area (Å²) in [6, 6.07) is 17.0. The van der Waals surface area contributed by atoms with Gasteiger partial charge < -0.3 is 5.32 Å². The van der Waals surface area contributed by atoms with E-state index in [-0.39, 0.29) is 0 Å². The van der Waals surface area contributed by atoms with Crippen molar-refractivity contribution in [3.05, 3.63) is 89.5 Å². The molecular formula is C20H17N. The summed E-state index contributed by atoms with van der Waals surface area (Å²) >= 11 is 0. The predicted octanol–water partition coefficient (Wildman–Crippen LogP) is 5.11. The predicted molar refractivity (Wildman–Crippen MR) is 89.6 cm³/mol. The standard InChI is InChI=1S/C20H17N/c1-2-8-19(9-3-1)21-20-11-10-17-12-15-6-4-5-7-16(15)13-18(17)14-20/h1-11,13-15,21H,12H2. The topological polar surface area (TPSA) is 12.0 Å². The molecule has 1 unspecified atom stereocenters. The van der Waals surface area contributed by atoms with Gasteiger partial charge in [0.25, 0.3) is 0 Å². The maximum absolute atomic E-state index is 3.46. The first-order valence-corrected chi connectivity index (χ1v) is 7.40. The van der Waals surface area contributed by atoms with Crippen LogP contribution in [-0.4, -0.2) is 0 Å². The van der Waals surface area contributed by atoms with E-state index in [0.29, 0.717) is 5.92 Å². The number of benzene rings is 2. The lowest BCUT2D eigenvalue weighted by molar-refractivity contribution is 0.759. The molecule has 0 fully saturated rings. The summed E-state index contributed by atoms with van der Waals surface area (Å²) in [5.74, 6) is 0.551. The molecule has 0 bridgehead atoms. The quantitative estimate of drug-likeness (QED) is 0.800. The van der Waals surface area contributed by atoms with Crippen LogP contribution in [-0.2, 0) is 6.42 Å². The molecule has 0 aromatic heterocycles. The van der Waals surface area contributed by atoms with Crippen LogP contribution in [0.15, 0.2) is 78.4 Å². The number of allylic oxidation sites excluding steroid dienone is 5. The van der Waals surface area contributed by atoms with Crippen LogP contribution in [0.2, 0.25) is 0 Å². The fourth-order valence-electron chi connectivity index (χ4n) is 3.04. The first kappa shape index (κ1) is 12.2. The van der Waals surface area contributed by atoms with Crippen LogP contribution in [0.1, 0.15) is 11.1 Å². The third-order valence-corrected chi connectivity index (χ3v) is 4.14. The Hall–Kier alpha value is -2.54. The average Bonchev–Trinajstić information content (AvgIpc) is 2.54. The Morgan fingerprint density at radius 1 is 0.905 bits per heavy atom. The molecule has 1 atom stereocenters. The van der Waals surface area contributed by atoms with Crippen molar-refractivity contribution in [2.24, 2.45) is 5.92 Å². The van der Waals surface area contributed by atoms with Gasteiger partial charge >= 0.3 is 0 Å². The van der Waals surface area contributed by atoms with Crippen LogP contribution in [0.3, 0.4) is 0 Å². The average molecular weight is 271 g/mol. The second-order valence-electron chi connectivity index (χ2n) is 5.60. The summed E-state index contributed by atoms with van der Waals surface area (Å²) in [5, 5.41) is 3.46. The van der Waals surface area contributed by atoms with Crippen LogP contribution in [0.4, 0.5) is 11.4 Å². The van der Waals surface area contributed by atoms with E-state index in [2.05, 4.69) is 66.0 Å². The Bertz CT molecular complexity index is 751. The van der Waals surface area contributed by atoms with E-state index in [1.165, 1.54) is 16.7 Å². The highest BCUT2D eigenvalue weighted by atomic mass is 14.9. The zero-order valence-electron chi connectivity index (χ0n) is 11.8. The molecule has 0 aliphatic heterocycles. The highest BCUT2D eigenvalue weighted by Crippen LogP contribution is 2.33. The fourth-order valence-corrected chi connectivity index (χ4v) is 3.04. The van der Waals surface area contributed by atoms with Crippen molar-refractivity contribution < 1.29 is 0 Å². The number of hydrogen-bond donors (Lipinski definition) is 1. The highest BCUT2D eigenvalue weighted by molar-refractivity contribution is 5.70. The van der Waals surface area contributed by atoms with Crippen LogP contribution >= 0.6 is 0 Å². The first-order valence-electron chi connectivity index (χ1n) is 7.40. The van der Waals surface area contributed by atoms with E-state index in [9.17, 15) is 0 Å². The largest absolute Gasteiger partial charge is 0.356 e. The fraction of sp³-hybridized carbons (Fsp3) is 0.100. The van der Waals surface area contributed by atoms with Gasteiger partial charge in [0.1, 0.15) is 0 Å². The van der Waals surface area contributed by atoms with E-state index in [1.54, 1.807) is 0 Å². The molecule has 0 spiro atoms. The number of fused-ring (bicyclic) bond motifs is 2. The number of rotatable bonds is 2. The molecule has 2 aliphatic carbocycles. The molecular weight excluding hydrogens is 254 g/mol. The molecule has 1 N–H and O–H groups in total. The molecule has 0 amide bonds. The summed E-state index contributed by atoms with van der Waals surface area (Å²) in [4.78, 5) is 0. The smallest absolute Gasteiger partial charge is 0.0390 e. The van der Waals surface area contributed by atoms with Gasteiger partial charge in [0.05, 0.1) is 0 Å². The van der Waals surface area contributed by atoms with Gasteiger partial charge in [-0.05, 0) is 47.4 Å². The van der Waals surface area contributed by atoms with Crippen LogP contribution < -0.4 is 5.32 Å². The molecule has 2 aromatic rings. The summed E-state index contributed by atoms with van der Waals surface area (Å²) in [6.07, 6.45) is 12.2. The molecule has 2 aromatic carbocycles. The normalized spacial score (nSPS) is 18.7. The van der Waals surface area contributed by atoms with E-state index in [4.69, 9.17) is 0 Å². The van der Waals surface area contributed by atoms with Gasteiger partial charge in [-0.25, -0.2) is 0 Å². The lowest BCUT2D eigenvalue weighted by Gasteiger charge is -2.24. The van der Waals surface area contributed by atoms with Crippen molar-refractivity contribution in [2.45, 2.75) is 6.42 Å². The molecule has 102 valence electrons. The maximum atomic E-state index is 3.46. The van der Waals surface area contributed by atoms with Crippen LogP contribution in [0.25, 0.3) is 6.08 Å². The zero-order chi connectivity index (χ0) is 14.1. The Labute approximate surface area is 125 Å². The van der Waals surface area contributed by atoms with Crippen molar-refractivity contribution in [3.63, 3.8) is 0 Å². The Morgan fingerprint density at radius 2 is 1.81 bits per heavy atom. The van der Waals surface area contributed by atoms with Crippen molar-refractivity contribution >= 4 is 17.5 Å². The van der Waals surface area contributed by atoms with Gasteiger partial charge in [0.15, 0.2) is 0 Å². The van der Waals surface area contributed by atoms with Gasteiger partial charge in [0, 0.05) is 17.3 Å². The van der Waals surface area contributed by atoms with Gasteiger partial charge in [-0.1, -0.05) is 54.6 Å². The van der Waals surface area contributed by atoms with Crippen LogP contribution in [0.5, 0.6) is 0 Å². The van der Waals surface area contributed by atoms with Gasteiger partial charge in [-0.2, -0.15) is 0 Å². The number of anilines is 2. The molecule has 0 radical (unpaired) electrons. The van der Waals surface area contributed by atoms with E-state index in [0.717, 1.165) is 17.8 Å². The lowest BCUT2D eigenvalue weighted by atomic mass is 9.81. The maximum Gasteiger partial charge on any atom is 0.0390 e. The zero-order valence-corrected chi connectivity index (χ0v) is 11.8. The van der Waals surface area contributed by atoms with Crippen molar-refractivity contribution in [2.75, 3.05) is 5.32 Å². The molecule has 4 rings (SSSR count). The Morgan fingerprint density at radius 3 is 2.71 bits per heavy atom. The summed E-state index contributed by atoms with van der Waals surface area (Å²) in [7, 11) is 0. The molecule has 1 nitrogen and oxygen atoms in total. The minimum atomic E-state index is 0.551. The van der Waals surface area contributed by atoms with Crippen molar-refractivity contribution in [1.82, 2.24) is 0 Å². The minimum absolute atomic E-state index is 0.551. The molecule has 0 heterocycles. The van der Waals surface area contributed by atoms with E-state index >= 15 is 0 Å². The molecule has 21 heavy (non-hydrogen) atoms. The lowest BCUT2D eigenvalue weighted by Crippen LogP contribution is -2.11. The SMILES string of the molecule is C1=CC2=Cc3cc(Nc4ccccc4)ccc3CC2C=C1. The number of hydrogen-bond acceptors (Lipinski definition) is 1. The Balaban J connectivity index is 1.66. The monoisotopic (exact) mass is 271 g/mol. The summed E-state index contributed by atoms with van der Waals surface area (Å²) in [6.45, 7) is 0. The second kappa shape index (κ2) is 5.10. The second-order valence-corrected chi connectivity index (χ2v) is 5.60. The first-order chi connectivity index (χ1) is 10.4. The van der Waals surface area contributed by atoms with Gasteiger partial charge in [-0.15, -0.1) is 0 Å². The molecule has 1 heteroatoms. The summed E-state index contributed by atoms with van der Waals surface area (Å²) < 4.78 is 0. The highest BCUT2D eigenvalue weighted by Gasteiger charge is 2.19. The minimum Gasteiger partial charge on any atom is -0.356 e. The third-order valence-electron chi connectivity index (χ3n) is 4.14. The van der Waals surface area contributed by atoms with E-state index in [1.807, 2.05) is 18.2 Å². The number of para-hydroxylation sites is 1. The van der Waals surface area contributed by atoms with Crippen LogP contribution in [0, 0.1) is 5.92 Å². The number of nitrogens with one attached hydrogen (secondary N) is 1. The van der Waals surface area contributed by atoms with Gasteiger partial charge in [0.2, 0.25) is 0 Å². The third kappa shape index (κ3) is 2.43. The van der Waals surface area contributed by atoms with Crippen molar-refractivity contribution in [3.8, 4) is 0 Å². The Kier molecular flexibility index (Phi) is 2.97. The van der Waals surface area contributed by atoms with E-state index < -0.39 is 0 Å². The molecule has 0 saturated heterocycles. The molecule has 0 saturated carbocycles. The van der Waals surface area contributed by atoms with Crippen molar-refractivity contribution in [1.29, 1.82) is 0 Å².